The molecule has 0 saturated carbocycles. The SMILES string of the molecule is C[C@H](Sc1ccc(N2C(=O)[C@@H]3CC=CC[C@H]3C2=O)cc1)C(=O)N1CCc2ccccc21. The van der Waals surface area contributed by atoms with Gasteiger partial charge in [-0.3, -0.25) is 19.3 Å². The monoisotopic (exact) mass is 432 g/mol. The van der Waals surface area contributed by atoms with E-state index in [1.165, 1.54) is 22.2 Å². The van der Waals surface area contributed by atoms with E-state index in [0.29, 0.717) is 18.5 Å². The lowest BCUT2D eigenvalue weighted by Gasteiger charge is -2.21. The van der Waals surface area contributed by atoms with Crippen LogP contribution < -0.4 is 9.80 Å². The molecule has 3 amide bonds. The Morgan fingerprint density at radius 1 is 0.968 bits per heavy atom. The van der Waals surface area contributed by atoms with E-state index >= 15 is 0 Å². The highest BCUT2D eigenvalue weighted by Gasteiger charge is 2.47. The first kappa shape index (κ1) is 20.1. The Morgan fingerprint density at radius 3 is 2.29 bits per heavy atom. The van der Waals surface area contributed by atoms with Gasteiger partial charge in [0.05, 0.1) is 22.8 Å². The van der Waals surface area contributed by atoms with Gasteiger partial charge in [-0.15, -0.1) is 11.8 Å². The standard InChI is InChI=1S/C25H24N2O3S/c1-16(23(28)26-15-14-17-6-2-5-9-22(17)26)31-19-12-10-18(11-13-19)27-24(29)20-7-3-4-8-21(20)25(27)30/h2-6,9-13,16,20-21H,7-8,14-15H2,1H3/t16-,20+,21+/m0/s1. The first-order valence-electron chi connectivity index (χ1n) is 10.7. The number of rotatable bonds is 4. The van der Waals surface area contributed by atoms with E-state index in [-0.39, 0.29) is 34.8 Å². The van der Waals surface area contributed by atoms with Gasteiger partial charge in [-0.2, -0.15) is 0 Å². The Balaban J connectivity index is 1.27. The Labute approximate surface area is 186 Å². The van der Waals surface area contributed by atoms with E-state index < -0.39 is 0 Å². The molecule has 2 aromatic rings. The van der Waals surface area contributed by atoms with Gasteiger partial charge in [-0.1, -0.05) is 30.4 Å². The second kappa shape index (κ2) is 8.00. The zero-order valence-corrected chi connectivity index (χ0v) is 18.2. The van der Waals surface area contributed by atoms with Crippen molar-refractivity contribution in [2.24, 2.45) is 11.8 Å². The molecule has 3 atom stereocenters. The molecule has 0 aromatic heterocycles. The Bertz CT molecular complexity index is 1050. The number of fused-ring (bicyclic) bond motifs is 2. The van der Waals surface area contributed by atoms with Gasteiger partial charge in [0.1, 0.15) is 0 Å². The smallest absolute Gasteiger partial charge is 0.240 e. The fraction of sp³-hybridized carbons (Fsp3) is 0.320. The highest BCUT2D eigenvalue weighted by atomic mass is 32.2. The molecule has 158 valence electrons. The van der Waals surface area contributed by atoms with Crippen LogP contribution in [-0.4, -0.2) is 29.5 Å². The summed E-state index contributed by atoms with van der Waals surface area (Å²) in [5, 5.41) is -0.235. The van der Waals surface area contributed by atoms with Crippen molar-refractivity contribution in [3.05, 3.63) is 66.2 Å². The van der Waals surface area contributed by atoms with Gasteiger partial charge in [0.25, 0.3) is 0 Å². The number of anilines is 2. The van der Waals surface area contributed by atoms with Crippen LogP contribution in [0.4, 0.5) is 11.4 Å². The van der Waals surface area contributed by atoms with Crippen molar-refractivity contribution in [3.63, 3.8) is 0 Å². The number of hydrogen-bond donors (Lipinski definition) is 0. The number of carbonyl (C=O) groups excluding carboxylic acids is 3. The fourth-order valence-electron chi connectivity index (χ4n) is 4.77. The van der Waals surface area contributed by atoms with Crippen molar-refractivity contribution in [2.75, 3.05) is 16.3 Å². The number of amides is 3. The van der Waals surface area contributed by atoms with E-state index in [0.717, 1.165) is 23.5 Å². The van der Waals surface area contributed by atoms with Crippen molar-refractivity contribution in [1.29, 1.82) is 0 Å². The topological polar surface area (TPSA) is 57.7 Å². The molecule has 2 aliphatic heterocycles. The van der Waals surface area contributed by atoms with Gasteiger partial charge in [0, 0.05) is 17.1 Å². The molecule has 2 heterocycles. The summed E-state index contributed by atoms with van der Waals surface area (Å²) in [5.41, 5.74) is 2.84. The zero-order chi connectivity index (χ0) is 21.5. The second-order valence-corrected chi connectivity index (χ2v) is 9.70. The van der Waals surface area contributed by atoms with Crippen LogP contribution in [0.15, 0.2) is 65.6 Å². The number of benzene rings is 2. The summed E-state index contributed by atoms with van der Waals surface area (Å²) in [7, 11) is 0. The molecule has 0 radical (unpaired) electrons. The average molecular weight is 433 g/mol. The van der Waals surface area contributed by atoms with Gasteiger partial charge in [0.2, 0.25) is 17.7 Å². The lowest BCUT2D eigenvalue weighted by Crippen LogP contribution is -2.35. The molecule has 1 aliphatic carbocycles. The molecule has 6 heteroatoms. The van der Waals surface area contributed by atoms with Crippen LogP contribution >= 0.6 is 11.8 Å². The minimum absolute atomic E-state index is 0.0977. The van der Waals surface area contributed by atoms with Crippen molar-refractivity contribution < 1.29 is 14.4 Å². The van der Waals surface area contributed by atoms with E-state index in [1.54, 1.807) is 0 Å². The van der Waals surface area contributed by atoms with Gasteiger partial charge in [-0.05, 0) is 62.1 Å². The lowest BCUT2D eigenvalue weighted by molar-refractivity contribution is -0.122. The maximum absolute atomic E-state index is 13.0. The summed E-state index contributed by atoms with van der Waals surface area (Å²) in [4.78, 5) is 42.7. The number of allylic oxidation sites excluding steroid dienone is 2. The predicted molar refractivity (Wildman–Crippen MR) is 122 cm³/mol. The summed E-state index contributed by atoms with van der Waals surface area (Å²) >= 11 is 1.50. The van der Waals surface area contributed by atoms with E-state index in [9.17, 15) is 14.4 Å². The van der Waals surface area contributed by atoms with Crippen LogP contribution in [0.5, 0.6) is 0 Å². The van der Waals surface area contributed by atoms with Gasteiger partial charge >= 0.3 is 0 Å². The van der Waals surface area contributed by atoms with Crippen LogP contribution in [0.1, 0.15) is 25.3 Å². The van der Waals surface area contributed by atoms with E-state index in [4.69, 9.17) is 0 Å². The normalized spacial score (nSPS) is 23.1. The van der Waals surface area contributed by atoms with Crippen molar-refractivity contribution in [1.82, 2.24) is 0 Å². The molecule has 0 bridgehead atoms. The molecule has 31 heavy (non-hydrogen) atoms. The molecule has 0 N–H and O–H groups in total. The molecule has 5 nitrogen and oxygen atoms in total. The largest absolute Gasteiger partial charge is 0.311 e. The number of carbonyl (C=O) groups is 3. The molecule has 0 spiro atoms. The number of nitrogens with zero attached hydrogens (tertiary/aromatic N) is 2. The van der Waals surface area contributed by atoms with Crippen molar-refractivity contribution >= 4 is 40.9 Å². The molecule has 1 fully saturated rings. The maximum atomic E-state index is 13.0. The third-order valence-corrected chi connectivity index (χ3v) is 7.52. The molecular formula is C25H24N2O3S. The average Bonchev–Trinajstić information content (AvgIpc) is 3.33. The van der Waals surface area contributed by atoms with Gasteiger partial charge in [0.15, 0.2) is 0 Å². The lowest BCUT2D eigenvalue weighted by atomic mass is 9.85. The van der Waals surface area contributed by atoms with Gasteiger partial charge < -0.3 is 4.90 Å². The summed E-state index contributed by atoms with van der Waals surface area (Å²) < 4.78 is 0. The summed E-state index contributed by atoms with van der Waals surface area (Å²) in [6, 6.07) is 15.5. The minimum atomic E-state index is -0.235. The highest BCUT2D eigenvalue weighted by Crippen LogP contribution is 2.38. The molecular weight excluding hydrogens is 408 g/mol. The Morgan fingerprint density at radius 2 is 1.61 bits per heavy atom. The summed E-state index contributed by atoms with van der Waals surface area (Å²) in [6.07, 6.45) is 6.15. The quantitative estimate of drug-likeness (QED) is 0.413. The fourth-order valence-corrected chi connectivity index (χ4v) is 5.70. The number of thioether (sulfide) groups is 1. The molecule has 0 unspecified atom stereocenters. The Hall–Kier alpha value is -2.86. The first-order chi connectivity index (χ1) is 15.0. The van der Waals surface area contributed by atoms with Crippen LogP contribution in [0.3, 0.4) is 0 Å². The third-order valence-electron chi connectivity index (χ3n) is 6.42. The van der Waals surface area contributed by atoms with E-state index in [2.05, 4.69) is 6.07 Å². The van der Waals surface area contributed by atoms with Crippen LogP contribution in [-0.2, 0) is 20.8 Å². The second-order valence-electron chi connectivity index (χ2n) is 8.29. The van der Waals surface area contributed by atoms with Crippen molar-refractivity contribution in [3.8, 4) is 0 Å². The van der Waals surface area contributed by atoms with E-state index in [1.807, 2.05) is 66.4 Å². The number of hydrogen-bond acceptors (Lipinski definition) is 4. The van der Waals surface area contributed by atoms with Crippen molar-refractivity contribution in [2.45, 2.75) is 36.3 Å². The van der Waals surface area contributed by atoms with Crippen LogP contribution in [0, 0.1) is 11.8 Å². The van der Waals surface area contributed by atoms with Gasteiger partial charge in [-0.25, -0.2) is 0 Å². The summed E-state index contributed by atoms with van der Waals surface area (Å²) in [6.45, 7) is 2.64. The molecule has 3 aliphatic rings. The third kappa shape index (κ3) is 3.49. The first-order valence-corrected chi connectivity index (χ1v) is 11.6. The van der Waals surface area contributed by atoms with Crippen LogP contribution in [0.25, 0.3) is 0 Å². The number of para-hydroxylation sites is 1. The maximum Gasteiger partial charge on any atom is 0.240 e. The highest BCUT2D eigenvalue weighted by molar-refractivity contribution is 8.00. The summed E-state index contributed by atoms with van der Waals surface area (Å²) in [5.74, 6) is -0.562. The molecule has 2 aromatic carbocycles. The molecule has 5 rings (SSSR count). The number of imide groups is 1. The minimum Gasteiger partial charge on any atom is -0.311 e. The zero-order valence-electron chi connectivity index (χ0n) is 17.4. The Kier molecular flexibility index (Phi) is 5.18. The van der Waals surface area contributed by atoms with Crippen LogP contribution in [0.2, 0.25) is 0 Å². The molecule has 1 saturated heterocycles. The predicted octanol–water partition coefficient (Wildman–Crippen LogP) is 4.21.